The first-order valence-corrected chi connectivity index (χ1v) is 15.0. The molecule has 0 spiro atoms. The van der Waals surface area contributed by atoms with E-state index in [1.54, 1.807) is 0 Å². The SMILES string of the molecule is CC(C)(C)[Si](C)(C)OCC[C@@H](NC(=O)[C@@H](Cc1ccccc1)NC(=O)OCc1ccccc1)C(=O)O. The number of alkyl carbamates (subject to hydrolysis) is 1. The Balaban J connectivity index is 2.04. The summed E-state index contributed by atoms with van der Waals surface area (Å²) in [5, 5.41) is 14.8. The third-order valence-corrected chi connectivity index (χ3v) is 10.9. The zero-order valence-corrected chi connectivity index (χ0v) is 22.7. The Labute approximate surface area is 214 Å². The van der Waals surface area contributed by atoms with Crippen LogP contribution < -0.4 is 10.6 Å². The summed E-state index contributed by atoms with van der Waals surface area (Å²) in [6.45, 7) is 10.7. The van der Waals surface area contributed by atoms with Gasteiger partial charge in [-0.1, -0.05) is 81.4 Å². The molecule has 2 aromatic rings. The monoisotopic (exact) mass is 514 g/mol. The predicted octanol–water partition coefficient (Wildman–Crippen LogP) is 4.51. The maximum atomic E-state index is 13.1. The van der Waals surface area contributed by atoms with Crippen LogP contribution >= 0.6 is 0 Å². The average molecular weight is 515 g/mol. The van der Waals surface area contributed by atoms with E-state index in [0.717, 1.165) is 11.1 Å². The standard InChI is InChI=1S/C27H38N2O6Si/c1-27(2,3)36(4,5)35-17-16-22(25(31)32)28-24(30)23(18-20-12-8-6-9-13-20)29-26(33)34-19-21-14-10-7-11-15-21/h6-15,22-23H,16-19H2,1-5H3,(H,28,30)(H,29,33)(H,31,32)/t22-,23-/m1/s1. The molecule has 36 heavy (non-hydrogen) atoms. The van der Waals surface area contributed by atoms with Gasteiger partial charge in [-0.05, 0) is 29.3 Å². The molecule has 2 atom stereocenters. The van der Waals surface area contributed by atoms with Crippen LogP contribution in [0.3, 0.4) is 0 Å². The van der Waals surface area contributed by atoms with Gasteiger partial charge in [0, 0.05) is 19.4 Å². The molecule has 0 aliphatic rings. The summed E-state index contributed by atoms with van der Waals surface area (Å²) < 4.78 is 11.4. The number of aliphatic carboxylic acids is 1. The van der Waals surface area contributed by atoms with Crippen molar-refractivity contribution in [1.29, 1.82) is 0 Å². The molecular formula is C27H38N2O6Si. The maximum Gasteiger partial charge on any atom is 0.408 e. The minimum atomic E-state index is -2.06. The molecule has 2 rings (SSSR count). The molecule has 196 valence electrons. The highest BCUT2D eigenvalue weighted by molar-refractivity contribution is 6.74. The molecule has 0 saturated heterocycles. The number of ether oxygens (including phenoxy) is 1. The van der Waals surface area contributed by atoms with E-state index >= 15 is 0 Å². The highest BCUT2D eigenvalue weighted by Crippen LogP contribution is 2.36. The van der Waals surface area contributed by atoms with E-state index in [4.69, 9.17) is 9.16 Å². The van der Waals surface area contributed by atoms with Crippen molar-refractivity contribution in [2.45, 2.75) is 70.4 Å². The number of hydrogen-bond acceptors (Lipinski definition) is 5. The Hall–Kier alpha value is -3.17. The maximum absolute atomic E-state index is 13.1. The number of benzene rings is 2. The second-order valence-electron chi connectivity index (χ2n) is 10.2. The van der Waals surface area contributed by atoms with Crippen molar-refractivity contribution in [3.63, 3.8) is 0 Å². The molecule has 0 saturated carbocycles. The van der Waals surface area contributed by atoms with E-state index in [2.05, 4.69) is 44.5 Å². The first-order valence-electron chi connectivity index (χ1n) is 12.1. The van der Waals surface area contributed by atoms with E-state index in [9.17, 15) is 19.5 Å². The third-order valence-electron chi connectivity index (χ3n) is 6.39. The van der Waals surface area contributed by atoms with Gasteiger partial charge in [0.1, 0.15) is 18.7 Å². The number of carboxylic acid groups (broad SMARTS) is 1. The van der Waals surface area contributed by atoms with Crippen LogP contribution in [0.4, 0.5) is 4.79 Å². The minimum absolute atomic E-state index is 0.0141. The normalized spacial score (nSPS) is 13.4. The van der Waals surface area contributed by atoms with E-state index in [-0.39, 0.29) is 31.1 Å². The molecule has 8 nitrogen and oxygen atoms in total. The van der Waals surface area contributed by atoms with Crippen LogP contribution in [0.2, 0.25) is 18.1 Å². The van der Waals surface area contributed by atoms with Gasteiger partial charge in [-0.3, -0.25) is 4.79 Å². The van der Waals surface area contributed by atoms with Gasteiger partial charge < -0.3 is 24.9 Å². The van der Waals surface area contributed by atoms with E-state index in [0.29, 0.717) is 0 Å². The number of amides is 2. The summed E-state index contributed by atoms with van der Waals surface area (Å²) in [6, 6.07) is 16.2. The number of carboxylic acids is 1. The van der Waals surface area contributed by atoms with E-state index < -0.39 is 38.4 Å². The topological polar surface area (TPSA) is 114 Å². The average Bonchev–Trinajstić information content (AvgIpc) is 2.82. The van der Waals surface area contributed by atoms with Crippen molar-refractivity contribution in [1.82, 2.24) is 10.6 Å². The molecule has 0 unspecified atom stereocenters. The summed E-state index contributed by atoms with van der Waals surface area (Å²) in [5.41, 5.74) is 1.62. The van der Waals surface area contributed by atoms with Gasteiger partial charge >= 0.3 is 12.1 Å². The number of carbonyl (C=O) groups excluding carboxylic acids is 2. The van der Waals surface area contributed by atoms with E-state index in [1.807, 2.05) is 60.7 Å². The third kappa shape index (κ3) is 9.47. The Morgan fingerprint density at radius 1 is 0.889 bits per heavy atom. The summed E-state index contributed by atoms with van der Waals surface area (Å²) in [6.07, 6.45) is -0.465. The Morgan fingerprint density at radius 3 is 1.97 bits per heavy atom. The predicted molar refractivity (Wildman–Crippen MR) is 141 cm³/mol. The first kappa shape index (κ1) is 29.1. The smallest absolute Gasteiger partial charge is 0.408 e. The van der Waals surface area contributed by atoms with Crippen molar-refractivity contribution >= 4 is 26.3 Å². The zero-order chi connectivity index (χ0) is 26.8. The van der Waals surface area contributed by atoms with Crippen LogP contribution in [0.5, 0.6) is 0 Å². The van der Waals surface area contributed by atoms with Crippen molar-refractivity contribution < 1.29 is 28.7 Å². The number of rotatable bonds is 12. The van der Waals surface area contributed by atoms with Crippen LogP contribution in [0.25, 0.3) is 0 Å². The van der Waals surface area contributed by atoms with Gasteiger partial charge in [0.15, 0.2) is 8.32 Å². The van der Waals surface area contributed by atoms with Crippen LogP contribution in [-0.2, 0) is 31.8 Å². The Bertz CT molecular complexity index is 992. The molecule has 0 aliphatic heterocycles. The van der Waals surface area contributed by atoms with Crippen molar-refractivity contribution in [3.8, 4) is 0 Å². The summed E-state index contributed by atoms with van der Waals surface area (Å²) >= 11 is 0. The summed E-state index contributed by atoms with van der Waals surface area (Å²) in [4.78, 5) is 37.5. The fourth-order valence-corrected chi connectivity index (χ4v) is 4.21. The quantitative estimate of drug-likeness (QED) is 0.359. The van der Waals surface area contributed by atoms with Gasteiger partial charge in [-0.15, -0.1) is 0 Å². The van der Waals surface area contributed by atoms with Crippen molar-refractivity contribution in [2.24, 2.45) is 0 Å². The highest BCUT2D eigenvalue weighted by Gasteiger charge is 2.37. The van der Waals surface area contributed by atoms with Crippen LogP contribution in [0.1, 0.15) is 38.3 Å². The number of hydrogen-bond donors (Lipinski definition) is 3. The molecule has 0 aromatic heterocycles. The molecule has 0 heterocycles. The zero-order valence-electron chi connectivity index (χ0n) is 21.7. The van der Waals surface area contributed by atoms with Crippen LogP contribution in [0, 0.1) is 0 Å². The molecule has 0 aliphatic carbocycles. The lowest BCUT2D eigenvalue weighted by molar-refractivity contribution is -0.142. The molecule has 3 N–H and O–H groups in total. The number of carbonyl (C=O) groups is 3. The number of nitrogens with one attached hydrogen (secondary N) is 2. The minimum Gasteiger partial charge on any atom is -0.480 e. The fraction of sp³-hybridized carbons (Fsp3) is 0.444. The van der Waals surface area contributed by atoms with Gasteiger partial charge in [-0.2, -0.15) is 0 Å². The lowest BCUT2D eigenvalue weighted by Crippen LogP contribution is -2.53. The van der Waals surface area contributed by atoms with Gasteiger partial charge in [-0.25, -0.2) is 9.59 Å². The van der Waals surface area contributed by atoms with Crippen molar-refractivity contribution in [3.05, 3.63) is 71.8 Å². The van der Waals surface area contributed by atoms with Gasteiger partial charge in [0.25, 0.3) is 0 Å². The lowest BCUT2D eigenvalue weighted by atomic mass is 10.0. The van der Waals surface area contributed by atoms with Crippen molar-refractivity contribution in [2.75, 3.05) is 6.61 Å². The molecule has 0 fully saturated rings. The summed E-state index contributed by atoms with van der Waals surface area (Å²) in [5.74, 6) is -1.76. The summed E-state index contributed by atoms with van der Waals surface area (Å²) in [7, 11) is -2.06. The van der Waals surface area contributed by atoms with E-state index in [1.165, 1.54) is 0 Å². The van der Waals surface area contributed by atoms with Gasteiger partial charge in [0.05, 0.1) is 0 Å². The lowest BCUT2D eigenvalue weighted by Gasteiger charge is -2.36. The molecule has 2 amide bonds. The first-order chi connectivity index (χ1) is 16.9. The largest absolute Gasteiger partial charge is 0.480 e. The molecule has 9 heteroatoms. The molecular weight excluding hydrogens is 476 g/mol. The van der Waals surface area contributed by atoms with Crippen LogP contribution in [0.15, 0.2) is 60.7 Å². The molecule has 0 bridgehead atoms. The van der Waals surface area contributed by atoms with Gasteiger partial charge in [0.2, 0.25) is 5.91 Å². The highest BCUT2D eigenvalue weighted by atomic mass is 28.4. The Kier molecular flexibility index (Phi) is 10.7. The Morgan fingerprint density at radius 2 is 1.44 bits per heavy atom. The molecule has 2 aromatic carbocycles. The fourth-order valence-electron chi connectivity index (χ4n) is 3.14. The molecule has 0 radical (unpaired) electrons. The van der Waals surface area contributed by atoms with Crippen LogP contribution in [-0.4, -0.2) is 50.1 Å². The second kappa shape index (κ2) is 13.2. The second-order valence-corrected chi connectivity index (χ2v) is 15.1.